The predicted molar refractivity (Wildman–Crippen MR) is 50.7 cm³/mol. The summed E-state index contributed by atoms with van der Waals surface area (Å²) in [5.74, 6) is 0.0267. The van der Waals surface area contributed by atoms with Crippen molar-refractivity contribution < 1.29 is 0 Å². The van der Waals surface area contributed by atoms with E-state index in [1.807, 2.05) is 35.8 Å². The summed E-state index contributed by atoms with van der Waals surface area (Å²) in [5, 5.41) is 2.39. The van der Waals surface area contributed by atoms with Crippen LogP contribution in [0.5, 0.6) is 0 Å². The number of nitrogens with two attached hydrogens (primary N) is 1. The predicted octanol–water partition coefficient (Wildman–Crippen LogP) is 0.772. The molecule has 3 N–H and O–H groups in total. The third-order valence-corrected chi connectivity index (χ3v) is 1.43. The van der Waals surface area contributed by atoms with Crippen molar-refractivity contribution in [1.82, 2.24) is 5.43 Å². The van der Waals surface area contributed by atoms with Gasteiger partial charge in [0.05, 0.1) is 11.8 Å². The molecule has 0 radical (unpaired) electrons. The van der Waals surface area contributed by atoms with E-state index in [1.165, 1.54) is 0 Å². The number of hydrogen-bond acceptors (Lipinski definition) is 3. The summed E-state index contributed by atoms with van der Waals surface area (Å²) in [4.78, 5) is 13.6. The lowest BCUT2D eigenvalue weighted by Crippen LogP contribution is -2.26. The van der Waals surface area contributed by atoms with E-state index >= 15 is 0 Å². The van der Waals surface area contributed by atoms with E-state index < -0.39 is 0 Å². The zero-order valence-corrected chi connectivity index (χ0v) is 6.97. The Morgan fingerprint density at radius 3 is 2.69 bits per heavy atom. The van der Waals surface area contributed by atoms with E-state index in [0.717, 1.165) is 5.56 Å². The van der Waals surface area contributed by atoms with Crippen molar-refractivity contribution in [3.8, 4) is 0 Å². The molecular formula is C8H10N4O. The Morgan fingerprint density at radius 1 is 1.38 bits per heavy atom. The van der Waals surface area contributed by atoms with E-state index in [9.17, 15) is 4.91 Å². The maximum atomic E-state index is 9.70. The molecular weight excluding hydrogens is 168 g/mol. The number of guanidine groups is 1. The molecule has 0 aliphatic carbocycles. The first-order valence-corrected chi connectivity index (χ1v) is 3.75. The topological polar surface area (TPSA) is 79.8 Å². The molecule has 0 aliphatic rings. The summed E-state index contributed by atoms with van der Waals surface area (Å²) in [5.41, 5.74) is 8.32. The molecule has 1 aromatic rings. The van der Waals surface area contributed by atoms with Crippen molar-refractivity contribution in [1.29, 1.82) is 0 Å². The van der Waals surface area contributed by atoms with Crippen LogP contribution < -0.4 is 11.2 Å². The van der Waals surface area contributed by atoms with Crippen LogP contribution in [0.2, 0.25) is 0 Å². The van der Waals surface area contributed by atoms with E-state index in [2.05, 4.69) is 10.3 Å². The molecule has 0 bridgehead atoms. The Kier molecular flexibility index (Phi) is 3.44. The summed E-state index contributed by atoms with van der Waals surface area (Å²) in [6.07, 6.45) is 0. The van der Waals surface area contributed by atoms with E-state index in [1.54, 1.807) is 0 Å². The van der Waals surface area contributed by atoms with E-state index in [-0.39, 0.29) is 5.96 Å². The van der Waals surface area contributed by atoms with Crippen LogP contribution in [-0.4, -0.2) is 5.96 Å². The summed E-state index contributed by atoms with van der Waals surface area (Å²) in [6, 6.07) is 9.58. The van der Waals surface area contributed by atoms with E-state index in [0.29, 0.717) is 6.54 Å². The van der Waals surface area contributed by atoms with Crippen molar-refractivity contribution in [2.24, 2.45) is 16.0 Å². The van der Waals surface area contributed by atoms with Gasteiger partial charge in [0.2, 0.25) is 5.96 Å². The quantitative estimate of drug-likeness (QED) is 0.310. The van der Waals surface area contributed by atoms with Crippen molar-refractivity contribution in [3.05, 3.63) is 40.8 Å². The molecule has 0 aromatic heterocycles. The van der Waals surface area contributed by atoms with Crippen LogP contribution in [-0.2, 0) is 6.54 Å². The molecule has 1 aromatic carbocycles. The van der Waals surface area contributed by atoms with Crippen LogP contribution in [0.15, 0.2) is 40.6 Å². The number of aliphatic imine (C=N–C) groups is 1. The molecule has 68 valence electrons. The van der Waals surface area contributed by atoms with Gasteiger partial charge in [-0.3, -0.25) is 0 Å². The van der Waals surface area contributed by atoms with Gasteiger partial charge in [0.1, 0.15) is 0 Å². The average Bonchev–Trinajstić information content (AvgIpc) is 2.17. The van der Waals surface area contributed by atoms with Gasteiger partial charge >= 0.3 is 0 Å². The van der Waals surface area contributed by atoms with Gasteiger partial charge in [0.25, 0.3) is 0 Å². The molecule has 0 spiro atoms. The SMILES string of the molecule is NC(=NCc1ccccc1)NN=O. The Bertz CT molecular complexity index is 296. The molecule has 0 unspecified atom stereocenters. The first-order valence-electron chi connectivity index (χ1n) is 3.75. The van der Waals surface area contributed by atoms with Crippen LogP contribution in [0.4, 0.5) is 0 Å². The minimum Gasteiger partial charge on any atom is -0.368 e. The van der Waals surface area contributed by atoms with Gasteiger partial charge in [-0.05, 0) is 5.56 Å². The lowest BCUT2D eigenvalue weighted by atomic mass is 10.2. The molecule has 13 heavy (non-hydrogen) atoms. The third kappa shape index (κ3) is 3.33. The van der Waals surface area contributed by atoms with Crippen LogP contribution >= 0.6 is 0 Å². The summed E-state index contributed by atoms with van der Waals surface area (Å²) < 4.78 is 0. The number of nitroso groups, excluding NO2 is 1. The lowest BCUT2D eigenvalue weighted by Gasteiger charge is -1.96. The molecule has 1 rings (SSSR count). The summed E-state index contributed by atoms with van der Waals surface area (Å²) >= 11 is 0. The molecule has 0 heterocycles. The second-order valence-electron chi connectivity index (χ2n) is 2.39. The highest BCUT2D eigenvalue weighted by molar-refractivity contribution is 5.77. The molecule has 0 amide bonds. The molecule has 0 fully saturated rings. The highest BCUT2D eigenvalue weighted by atomic mass is 16.3. The van der Waals surface area contributed by atoms with Crippen molar-refractivity contribution >= 4 is 5.96 Å². The molecule has 0 aliphatic heterocycles. The average molecular weight is 178 g/mol. The van der Waals surface area contributed by atoms with Crippen molar-refractivity contribution in [3.63, 3.8) is 0 Å². The highest BCUT2D eigenvalue weighted by Gasteiger charge is 1.90. The van der Waals surface area contributed by atoms with Crippen LogP contribution in [0.25, 0.3) is 0 Å². The highest BCUT2D eigenvalue weighted by Crippen LogP contribution is 1.99. The zero-order valence-electron chi connectivity index (χ0n) is 6.97. The number of benzene rings is 1. The number of nitrogens with zero attached hydrogens (tertiary/aromatic N) is 2. The largest absolute Gasteiger partial charge is 0.368 e. The molecule has 5 nitrogen and oxygen atoms in total. The number of hydrogen-bond donors (Lipinski definition) is 2. The lowest BCUT2D eigenvalue weighted by molar-refractivity contribution is 0.950. The minimum atomic E-state index is 0.0267. The first-order chi connectivity index (χ1) is 6.33. The number of nitrogens with one attached hydrogen (secondary N) is 1. The van der Waals surface area contributed by atoms with Crippen LogP contribution in [0.1, 0.15) is 5.56 Å². The molecule has 0 atom stereocenters. The monoisotopic (exact) mass is 178 g/mol. The Balaban J connectivity index is 2.51. The van der Waals surface area contributed by atoms with Gasteiger partial charge in [0.15, 0.2) is 0 Å². The molecule has 5 heteroatoms. The second-order valence-corrected chi connectivity index (χ2v) is 2.39. The normalized spacial score (nSPS) is 10.9. The van der Waals surface area contributed by atoms with E-state index in [4.69, 9.17) is 5.73 Å². The standard InChI is InChI=1S/C8H10N4O/c9-8(11-12-13)10-6-7-4-2-1-3-5-7/h1-5H,6H2,(H3,9,10,11,13). The fourth-order valence-electron chi connectivity index (χ4n) is 0.842. The minimum absolute atomic E-state index is 0.0267. The number of rotatable bonds is 3. The van der Waals surface area contributed by atoms with Gasteiger partial charge < -0.3 is 5.73 Å². The van der Waals surface area contributed by atoms with Gasteiger partial charge in [-0.15, -0.1) is 4.91 Å². The van der Waals surface area contributed by atoms with Crippen molar-refractivity contribution in [2.45, 2.75) is 6.54 Å². The van der Waals surface area contributed by atoms with Crippen LogP contribution in [0.3, 0.4) is 0 Å². The maximum absolute atomic E-state index is 9.70. The summed E-state index contributed by atoms with van der Waals surface area (Å²) in [7, 11) is 0. The second kappa shape index (κ2) is 4.87. The van der Waals surface area contributed by atoms with Gasteiger partial charge in [-0.25, -0.2) is 10.4 Å². The summed E-state index contributed by atoms with van der Waals surface area (Å²) in [6.45, 7) is 0.440. The smallest absolute Gasteiger partial charge is 0.212 e. The van der Waals surface area contributed by atoms with Gasteiger partial charge in [-0.2, -0.15) is 0 Å². The Labute approximate surface area is 75.6 Å². The fraction of sp³-hybridized carbons (Fsp3) is 0.125. The van der Waals surface area contributed by atoms with Crippen molar-refractivity contribution in [2.75, 3.05) is 0 Å². The fourth-order valence-corrected chi connectivity index (χ4v) is 0.842. The Hall–Kier alpha value is -1.91. The zero-order chi connectivity index (χ0) is 9.52. The van der Waals surface area contributed by atoms with Gasteiger partial charge in [0, 0.05) is 0 Å². The van der Waals surface area contributed by atoms with Crippen LogP contribution in [0, 0.1) is 4.91 Å². The van der Waals surface area contributed by atoms with Gasteiger partial charge in [-0.1, -0.05) is 30.3 Å². The molecule has 0 saturated carbocycles. The molecule has 0 saturated heterocycles. The Morgan fingerprint density at radius 2 is 2.08 bits per heavy atom. The first kappa shape index (κ1) is 9.18. The maximum Gasteiger partial charge on any atom is 0.212 e. The third-order valence-electron chi connectivity index (χ3n) is 1.43.